The van der Waals surface area contributed by atoms with Crippen molar-refractivity contribution in [2.24, 2.45) is 0 Å². The third-order valence-electron chi connectivity index (χ3n) is 2.48. The van der Waals surface area contributed by atoms with Gasteiger partial charge in [0.25, 0.3) is 5.69 Å². The summed E-state index contributed by atoms with van der Waals surface area (Å²) in [5, 5.41) is 32.4. The second kappa shape index (κ2) is 7.05. The number of rotatable bonds is 6. The van der Waals surface area contributed by atoms with Crippen LogP contribution in [0.3, 0.4) is 0 Å². The Balaban J connectivity index is 0.00000361. The zero-order chi connectivity index (χ0) is 14.6. The largest absolute Gasteiger partial charge is 2.00 e. The predicted octanol–water partition coefficient (Wildman–Crippen LogP) is -1.76. The van der Waals surface area contributed by atoms with Gasteiger partial charge in [0.15, 0.2) is 5.60 Å². The number of ether oxygens (including phenoxy) is 1. The molecule has 0 radical (unpaired) electrons. The average Bonchev–Trinajstić information content (AvgIpc) is 2.35. The first kappa shape index (κ1) is 18.1. The van der Waals surface area contributed by atoms with Crippen molar-refractivity contribution in [1.29, 1.82) is 0 Å². The number of benzene rings is 1. The number of nitrogens with zero attached hydrogens (tertiary/aromatic N) is 1. The number of carbonyl (C=O) groups is 2. The normalized spacial score (nSPS) is 10.2. The molecule has 0 aliphatic carbocycles. The van der Waals surface area contributed by atoms with Gasteiger partial charge in [-0.15, -0.1) is 0 Å². The van der Waals surface area contributed by atoms with E-state index in [0.29, 0.717) is 0 Å². The summed E-state index contributed by atoms with van der Waals surface area (Å²) >= 11 is 0. The molecule has 9 heteroatoms. The van der Waals surface area contributed by atoms with E-state index < -0.39 is 28.9 Å². The molecule has 0 spiro atoms. The van der Waals surface area contributed by atoms with Crippen LogP contribution in [0.1, 0.15) is 13.3 Å². The fraction of sp³-hybridized carbons (Fsp3) is 0.273. The standard InChI is InChI=1S/C11H11NO7.Mg/c1-2-11(9(13)14,10(15)16)19-8-5-3-4-7(6-8)12(17)18;/h3-6H,2H2,1H3,(H,13,14)(H,15,16);/q;+2/p-2. The summed E-state index contributed by atoms with van der Waals surface area (Å²) in [5.74, 6) is -4.24. The summed E-state index contributed by atoms with van der Waals surface area (Å²) in [6.45, 7) is 1.25. The molecular weight excluding hydrogens is 282 g/mol. The van der Waals surface area contributed by atoms with Gasteiger partial charge in [-0.05, 0) is 12.5 Å². The van der Waals surface area contributed by atoms with Gasteiger partial charge >= 0.3 is 23.1 Å². The molecule has 8 nitrogen and oxygen atoms in total. The van der Waals surface area contributed by atoms with E-state index in [2.05, 4.69) is 0 Å². The second-order valence-corrected chi connectivity index (χ2v) is 3.61. The molecule has 0 saturated carbocycles. The minimum atomic E-state index is -2.69. The molecule has 0 aliphatic rings. The first-order chi connectivity index (χ1) is 8.83. The molecule has 1 aromatic rings. The Morgan fingerprint density at radius 1 is 1.30 bits per heavy atom. The number of carbonyl (C=O) groups excluding carboxylic acids is 2. The second-order valence-electron chi connectivity index (χ2n) is 3.61. The molecule has 20 heavy (non-hydrogen) atoms. The fourth-order valence-corrected chi connectivity index (χ4v) is 1.39. The third kappa shape index (κ3) is 3.57. The van der Waals surface area contributed by atoms with Crippen LogP contribution >= 0.6 is 0 Å². The summed E-state index contributed by atoms with van der Waals surface area (Å²) in [4.78, 5) is 31.7. The van der Waals surface area contributed by atoms with Gasteiger partial charge in [-0.3, -0.25) is 10.1 Å². The van der Waals surface area contributed by atoms with Crippen molar-refractivity contribution < 1.29 is 29.5 Å². The first-order valence-corrected chi connectivity index (χ1v) is 5.20. The van der Waals surface area contributed by atoms with Gasteiger partial charge in [0, 0.05) is 6.07 Å². The van der Waals surface area contributed by atoms with Gasteiger partial charge in [0.2, 0.25) is 0 Å². The maximum absolute atomic E-state index is 10.9. The smallest absolute Gasteiger partial charge is 0.545 e. The van der Waals surface area contributed by atoms with Crippen molar-refractivity contribution in [3.8, 4) is 5.75 Å². The molecule has 0 aliphatic heterocycles. The van der Waals surface area contributed by atoms with E-state index in [9.17, 15) is 29.9 Å². The van der Waals surface area contributed by atoms with Gasteiger partial charge in [-0.1, -0.05) is 13.0 Å². The predicted molar refractivity (Wildman–Crippen MR) is 62.5 cm³/mol. The molecule has 0 bridgehead atoms. The van der Waals surface area contributed by atoms with Crippen LogP contribution in [0.2, 0.25) is 0 Å². The van der Waals surface area contributed by atoms with Crippen molar-refractivity contribution in [3.63, 3.8) is 0 Å². The van der Waals surface area contributed by atoms with Gasteiger partial charge < -0.3 is 24.5 Å². The number of carboxylic acid groups (broad SMARTS) is 2. The first-order valence-electron chi connectivity index (χ1n) is 5.20. The fourth-order valence-electron chi connectivity index (χ4n) is 1.39. The number of carboxylic acids is 2. The molecule has 0 aromatic heterocycles. The number of aliphatic carboxylic acids is 2. The van der Waals surface area contributed by atoms with Crippen molar-refractivity contribution in [2.75, 3.05) is 0 Å². The topological polar surface area (TPSA) is 133 Å². The molecule has 0 atom stereocenters. The van der Waals surface area contributed by atoms with Crippen LogP contribution in [0.25, 0.3) is 0 Å². The van der Waals surface area contributed by atoms with E-state index in [1.165, 1.54) is 19.1 Å². The molecule has 0 heterocycles. The van der Waals surface area contributed by atoms with E-state index in [1.807, 2.05) is 0 Å². The van der Waals surface area contributed by atoms with Gasteiger partial charge in [0.05, 0.1) is 22.9 Å². The Labute approximate surface area is 129 Å². The SMILES string of the molecule is CCC(Oc1cccc([N+](=O)[O-])c1)(C(=O)[O-])C(=O)[O-].[Mg+2]. The number of nitro benzene ring substituents is 1. The van der Waals surface area contributed by atoms with Crippen LogP contribution in [0, 0.1) is 10.1 Å². The minimum absolute atomic E-state index is 0. The van der Waals surface area contributed by atoms with Crippen LogP contribution < -0.4 is 14.9 Å². The van der Waals surface area contributed by atoms with Crippen LogP contribution in [0.15, 0.2) is 24.3 Å². The molecule has 0 fully saturated rings. The number of hydrogen-bond acceptors (Lipinski definition) is 7. The summed E-state index contributed by atoms with van der Waals surface area (Å²) in [6.07, 6.45) is -0.458. The summed E-state index contributed by atoms with van der Waals surface area (Å²) in [7, 11) is 0. The summed E-state index contributed by atoms with van der Waals surface area (Å²) in [5.41, 5.74) is -3.05. The maximum Gasteiger partial charge on any atom is 2.00 e. The summed E-state index contributed by atoms with van der Waals surface area (Å²) < 4.78 is 4.84. The minimum Gasteiger partial charge on any atom is -0.545 e. The van der Waals surface area contributed by atoms with Gasteiger partial charge in [-0.25, -0.2) is 0 Å². The van der Waals surface area contributed by atoms with Gasteiger partial charge in [-0.2, -0.15) is 0 Å². The van der Waals surface area contributed by atoms with E-state index in [-0.39, 0.29) is 34.5 Å². The van der Waals surface area contributed by atoms with Crippen LogP contribution in [-0.2, 0) is 9.59 Å². The van der Waals surface area contributed by atoms with Crippen LogP contribution in [0.5, 0.6) is 5.75 Å². The van der Waals surface area contributed by atoms with E-state index in [1.54, 1.807) is 0 Å². The monoisotopic (exact) mass is 291 g/mol. The summed E-state index contributed by atoms with van der Waals surface area (Å²) in [6, 6.07) is 4.50. The molecule has 0 N–H and O–H groups in total. The molecule has 102 valence electrons. The van der Waals surface area contributed by atoms with Crippen molar-refractivity contribution in [2.45, 2.75) is 18.9 Å². The Hall–Kier alpha value is -1.87. The zero-order valence-electron chi connectivity index (χ0n) is 10.5. The number of non-ortho nitro benzene ring substituents is 1. The molecule has 1 rings (SSSR count). The molecule has 0 amide bonds. The maximum atomic E-state index is 10.9. The van der Waals surface area contributed by atoms with Crippen LogP contribution in [0.4, 0.5) is 5.69 Å². The van der Waals surface area contributed by atoms with E-state index >= 15 is 0 Å². The Kier molecular flexibility index (Phi) is 6.39. The van der Waals surface area contributed by atoms with E-state index in [0.717, 1.165) is 12.1 Å². The number of hydrogen-bond donors (Lipinski definition) is 0. The zero-order valence-corrected chi connectivity index (χ0v) is 11.9. The molecule has 1 aromatic carbocycles. The number of nitro groups is 1. The molecule has 0 unspecified atom stereocenters. The van der Waals surface area contributed by atoms with Crippen molar-refractivity contribution in [1.82, 2.24) is 0 Å². The third-order valence-corrected chi connectivity index (χ3v) is 2.48. The Morgan fingerprint density at radius 2 is 1.85 bits per heavy atom. The van der Waals surface area contributed by atoms with Crippen LogP contribution in [-0.4, -0.2) is 45.5 Å². The quantitative estimate of drug-likeness (QED) is 0.262. The van der Waals surface area contributed by atoms with Gasteiger partial charge in [0.1, 0.15) is 5.75 Å². The van der Waals surface area contributed by atoms with Crippen molar-refractivity contribution in [3.05, 3.63) is 34.4 Å². The Morgan fingerprint density at radius 3 is 2.25 bits per heavy atom. The molecular formula is C11H9MgNO7. The Bertz CT molecular complexity index is 517. The molecule has 0 saturated heterocycles. The van der Waals surface area contributed by atoms with E-state index in [4.69, 9.17) is 4.74 Å². The average molecular weight is 291 g/mol. The van der Waals surface area contributed by atoms with Crippen molar-refractivity contribution >= 4 is 40.7 Å².